The molecule has 0 aromatic carbocycles. The third kappa shape index (κ3) is 2.98. The van der Waals surface area contributed by atoms with Gasteiger partial charge in [-0.05, 0) is 56.5 Å². The fraction of sp³-hybridized carbons (Fsp3) is 1.00. The molecule has 94 valence electrons. The lowest BCUT2D eigenvalue weighted by Crippen LogP contribution is -2.41. The van der Waals surface area contributed by atoms with Gasteiger partial charge in [0.1, 0.15) is 0 Å². The van der Waals surface area contributed by atoms with Crippen LogP contribution >= 0.6 is 0 Å². The number of piperidine rings is 1. The lowest BCUT2D eigenvalue weighted by Gasteiger charge is -2.35. The highest BCUT2D eigenvalue weighted by Gasteiger charge is 2.28. The Labute approximate surface area is 101 Å². The first kappa shape index (κ1) is 12.4. The summed E-state index contributed by atoms with van der Waals surface area (Å²) in [5.74, 6) is 2.62. The van der Waals surface area contributed by atoms with Crippen LogP contribution in [0.25, 0.3) is 0 Å². The predicted molar refractivity (Wildman–Crippen MR) is 69.3 cm³/mol. The molecule has 16 heavy (non-hydrogen) atoms. The fourth-order valence-corrected chi connectivity index (χ4v) is 3.43. The highest BCUT2D eigenvalue weighted by Crippen LogP contribution is 2.28. The van der Waals surface area contributed by atoms with E-state index in [1.165, 1.54) is 51.7 Å². The fourth-order valence-electron chi connectivity index (χ4n) is 3.43. The first-order chi connectivity index (χ1) is 7.66. The van der Waals surface area contributed by atoms with Crippen LogP contribution in [0.4, 0.5) is 0 Å². The minimum absolute atomic E-state index is 0.489. The van der Waals surface area contributed by atoms with E-state index < -0.39 is 0 Å². The first-order valence-electron chi connectivity index (χ1n) is 7.14. The Bertz CT molecular complexity index is 207. The third-order valence-electron chi connectivity index (χ3n) is 4.79. The predicted octanol–water partition coefficient (Wildman–Crippen LogP) is 2.48. The first-order valence-corrected chi connectivity index (χ1v) is 7.14. The monoisotopic (exact) mass is 224 g/mol. The van der Waals surface area contributed by atoms with Crippen LogP contribution in [-0.2, 0) is 0 Å². The summed E-state index contributed by atoms with van der Waals surface area (Å²) in [6, 6.07) is 0.489. The molecule has 2 nitrogen and oxygen atoms in total. The number of likely N-dealkylation sites (tertiary alicyclic amines) is 1. The number of hydrogen-bond acceptors (Lipinski definition) is 2. The highest BCUT2D eigenvalue weighted by atomic mass is 15.1. The Hall–Kier alpha value is -0.0800. The molecular weight excluding hydrogens is 196 g/mol. The molecule has 1 saturated heterocycles. The van der Waals surface area contributed by atoms with Gasteiger partial charge in [0.15, 0.2) is 0 Å². The number of nitrogens with two attached hydrogens (primary N) is 1. The van der Waals surface area contributed by atoms with E-state index in [1.807, 2.05) is 0 Å². The molecule has 0 spiro atoms. The van der Waals surface area contributed by atoms with E-state index in [2.05, 4.69) is 18.7 Å². The van der Waals surface area contributed by atoms with Gasteiger partial charge in [-0.25, -0.2) is 0 Å². The number of nitrogens with zero attached hydrogens (tertiary/aromatic N) is 1. The second kappa shape index (κ2) is 5.50. The molecule has 0 aromatic heterocycles. The number of hydrogen-bond donors (Lipinski definition) is 1. The Morgan fingerprint density at radius 2 is 1.81 bits per heavy atom. The Balaban J connectivity index is 1.72. The van der Waals surface area contributed by atoms with Crippen molar-refractivity contribution in [1.82, 2.24) is 4.90 Å². The van der Waals surface area contributed by atoms with Crippen molar-refractivity contribution in [2.75, 3.05) is 19.6 Å². The van der Waals surface area contributed by atoms with E-state index in [4.69, 9.17) is 5.73 Å². The van der Waals surface area contributed by atoms with Gasteiger partial charge in [0.05, 0.1) is 0 Å². The molecule has 2 heteroatoms. The van der Waals surface area contributed by atoms with Crippen LogP contribution in [0, 0.1) is 17.8 Å². The van der Waals surface area contributed by atoms with Crippen molar-refractivity contribution in [1.29, 1.82) is 0 Å². The van der Waals surface area contributed by atoms with Gasteiger partial charge in [0, 0.05) is 12.6 Å². The van der Waals surface area contributed by atoms with E-state index >= 15 is 0 Å². The smallest absolute Gasteiger partial charge is 0.00793 e. The zero-order valence-electron chi connectivity index (χ0n) is 11.0. The molecule has 1 saturated carbocycles. The molecule has 2 aliphatic rings. The van der Waals surface area contributed by atoms with Gasteiger partial charge in [-0.15, -0.1) is 0 Å². The summed E-state index contributed by atoms with van der Waals surface area (Å²) < 4.78 is 0. The summed E-state index contributed by atoms with van der Waals surface area (Å²) >= 11 is 0. The molecule has 0 amide bonds. The van der Waals surface area contributed by atoms with Gasteiger partial charge in [-0.1, -0.05) is 20.3 Å². The number of rotatable bonds is 3. The van der Waals surface area contributed by atoms with Crippen molar-refractivity contribution in [3.8, 4) is 0 Å². The molecule has 0 aromatic rings. The maximum atomic E-state index is 6.15. The van der Waals surface area contributed by atoms with E-state index in [1.54, 1.807) is 0 Å². The topological polar surface area (TPSA) is 29.3 Å². The van der Waals surface area contributed by atoms with Crippen LogP contribution < -0.4 is 5.73 Å². The normalized spacial score (nSPS) is 33.8. The zero-order chi connectivity index (χ0) is 11.5. The van der Waals surface area contributed by atoms with Gasteiger partial charge in [-0.2, -0.15) is 0 Å². The summed E-state index contributed by atoms with van der Waals surface area (Å²) in [4.78, 5) is 2.66. The largest absolute Gasteiger partial charge is 0.327 e. The second-order valence-corrected chi connectivity index (χ2v) is 6.24. The average molecular weight is 224 g/mol. The van der Waals surface area contributed by atoms with E-state index in [9.17, 15) is 0 Å². The second-order valence-electron chi connectivity index (χ2n) is 6.24. The molecular formula is C14H28N2. The van der Waals surface area contributed by atoms with Gasteiger partial charge in [0.2, 0.25) is 0 Å². The lowest BCUT2D eigenvalue weighted by molar-refractivity contribution is 0.137. The molecule has 2 rings (SSSR count). The maximum Gasteiger partial charge on any atom is 0.00793 e. The van der Waals surface area contributed by atoms with Gasteiger partial charge in [-0.3, -0.25) is 0 Å². The van der Waals surface area contributed by atoms with E-state index in [0.717, 1.165) is 17.8 Å². The van der Waals surface area contributed by atoms with Crippen LogP contribution in [0.1, 0.15) is 46.0 Å². The van der Waals surface area contributed by atoms with Crippen molar-refractivity contribution >= 4 is 0 Å². The SMILES string of the molecule is CC(C)C1CCN(CC2CCCC2N)CC1. The van der Waals surface area contributed by atoms with Gasteiger partial charge >= 0.3 is 0 Å². The molecule has 0 bridgehead atoms. The molecule has 1 aliphatic heterocycles. The maximum absolute atomic E-state index is 6.15. The average Bonchev–Trinajstić information content (AvgIpc) is 2.65. The van der Waals surface area contributed by atoms with Gasteiger partial charge in [0.25, 0.3) is 0 Å². The summed E-state index contributed by atoms with van der Waals surface area (Å²) in [6.45, 7) is 8.63. The van der Waals surface area contributed by atoms with Crippen molar-refractivity contribution in [2.24, 2.45) is 23.5 Å². The van der Waals surface area contributed by atoms with E-state index in [0.29, 0.717) is 6.04 Å². The molecule has 1 aliphatic carbocycles. The molecule has 2 N–H and O–H groups in total. The van der Waals surface area contributed by atoms with Crippen molar-refractivity contribution in [3.05, 3.63) is 0 Å². The molecule has 1 heterocycles. The van der Waals surface area contributed by atoms with Crippen LogP contribution in [-0.4, -0.2) is 30.6 Å². The van der Waals surface area contributed by atoms with Crippen molar-refractivity contribution in [2.45, 2.75) is 52.0 Å². The Morgan fingerprint density at radius 1 is 1.12 bits per heavy atom. The molecule has 2 fully saturated rings. The quantitative estimate of drug-likeness (QED) is 0.798. The van der Waals surface area contributed by atoms with Crippen LogP contribution in [0.5, 0.6) is 0 Å². The minimum atomic E-state index is 0.489. The zero-order valence-corrected chi connectivity index (χ0v) is 11.0. The van der Waals surface area contributed by atoms with Crippen LogP contribution in [0.15, 0.2) is 0 Å². The molecule has 2 atom stereocenters. The van der Waals surface area contributed by atoms with Crippen molar-refractivity contribution < 1.29 is 0 Å². The van der Waals surface area contributed by atoms with Crippen LogP contribution in [0.2, 0.25) is 0 Å². The summed E-state index contributed by atoms with van der Waals surface area (Å²) in [5, 5.41) is 0. The van der Waals surface area contributed by atoms with Gasteiger partial charge < -0.3 is 10.6 Å². The summed E-state index contributed by atoms with van der Waals surface area (Å²) in [6.07, 6.45) is 6.78. The lowest BCUT2D eigenvalue weighted by atomic mass is 9.86. The molecule has 2 unspecified atom stereocenters. The third-order valence-corrected chi connectivity index (χ3v) is 4.79. The Kier molecular flexibility index (Phi) is 4.26. The van der Waals surface area contributed by atoms with Crippen molar-refractivity contribution in [3.63, 3.8) is 0 Å². The summed E-state index contributed by atoms with van der Waals surface area (Å²) in [7, 11) is 0. The van der Waals surface area contributed by atoms with E-state index in [-0.39, 0.29) is 0 Å². The standard InChI is InChI=1S/C14H28N2/c1-11(2)12-6-8-16(9-7-12)10-13-4-3-5-14(13)15/h11-14H,3-10,15H2,1-2H3. The minimum Gasteiger partial charge on any atom is -0.327 e. The van der Waals surface area contributed by atoms with Crippen LogP contribution in [0.3, 0.4) is 0 Å². The summed E-state index contributed by atoms with van der Waals surface area (Å²) in [5.41, 5.74) is 6.15. The Morgan fingerprint density at radius 3 is 2.31 bits per heavy atom. The highest BCUT2D eigenvalue weighted by molar-refractivity contribution is 4.84. The molecule has 0 radical (unpaired) electrons.